The summed E-state index contributed by atoms with van der Waals surface area (Å²) in [6.07, 6.45) is -0.144. The SMILES string of the molecule is CC(C)NC(=O)CCNCC(O)c1cccc(Br)c1. The number of rotatable bonds is 7. The molecule has 0 aliphatic carbocycles. The maximum absolute atomic E-state index is 11.4. The highest BCUT2D eigenvalue weighted by atomic mass is 79.9. The van der Waals surface area contributed by atoms with E-state index in [0.29, 0.717) is 19.5 Å². The topological polar surface area (TPSA) is 61.4 Å². The number of halogens is 1. The molecule has 5 heteroatoms. The van der Waals surface area contributed by atoms with Crippen molar-refractivity contribution in [1.29, 1.82) is 0 Å². The third-order valence-corrected chi connectivity index (χ3v) is 3.04. The van der Waals surface area contributed by atoms with Gasteiger partial charge in [-0.3, -0.25) is 4.79 Å². The Labute approximate surface area is 122 Å². The second-order valence-electron chi connectivity index (χ2n) is 4.75. The Morgan fingerprint density at radius 2 is 2.16 bits per heavy atom. The number of carbonyl (C=O) groups is 1. The fourth-order valence-electron chi connectivity index (χ4n) is 1.67. The monoisotopic (exact) mass is 328 g/mol. The molecule has 0 saturated heterocycles. The lowest BCUT2D eigenvalue weighted by atomic mass is 10.1. The average Bonchev–Trinajstić information content (AvgIpc) is 2.33. The molecule has 1 unspecified atom stereocenters. The van der Waals surface area contributed by atoms with Crippen LogP contribution < -0.4 is 10.6 Å². The normalized spacial score (nSPS) is 12.5. The summed E-state index contributed by atoms with van der Waals surface area (Å²) in [4.78, 5) is 11.4. The van der Waals surface area contributed by atoms with Crippen LogP contribution >= 0.6 is 15.9 Å². The minimum Gasteiger partial charge on any atom is -0.387 e. The molecule has 4 nitrogen and oxygen atoms in total. The van der Waals surface area contributed by atoms with E-state index in [-0.39, 0.29) is 11.9 Å². The Morgan fingerprint density at radius 1 is 1.42 bits per heavy atom. The minimum atomic E-state index is -0.564. The van der Waals surface area contributed by atoms with Crippen molar-refractivity contribution in [2.24, 2.45) is 0 Å². The van der Waals surface area contributed by atoms with Gasteiger partial charge in [0.15, 0.2) is 0 Å². The molecule has 0 aliphatic rings. The molecule has 0 spiro atoms. The first kappa shape index (κ1) is 16.1. The Bertz CT molecular complexity index is 410. The quantitative estimate of drug-likeness (QED) is 0.671. The average molecular weight is 329 g/mol. The molecule has 1 amide bonds. The van der Waals surface area contributed by atoms with Crippen molar-refractivity contribution in [3.8, 4) is 0 Å². The third-order valence-electron chi connectivity index (χ3n) is 2.55. The van der Waals surface area contributed by atoms with Gasteiger partial charge in [-0.25, -0.2) is 0 Å². The van der Waals surface area contributed by atoms with Gasteiger partial charge >= 0.3 is 0 Å². The van der Waals surface area contributed by atoms with Crippen LogP contribution in [0.15, 0.2) is 28.7 Å². The molecule has 0 aliphatic heterocycles. The van der Waals surface area contributed by atoms with Gasteiger partial charge in [0.05, 0.1) is 6.10 Å². The zero-order chi connectivity index (χ0) is 14.3. The van der Waals surface area contributed by atoms with E-state index in [0.717, 1.165) is 10.0 Å². The summed E-state index contributed by atoms with van der Waals surface area (Å²) in [5.74, 6) is 0.0273. The van der Waals surface area contributed by atoms with Crippen LogP contribution in [-0.2, 0) is 4.79 Å². The molecule has 0 bridgehead atoms. The first-order chi connectivity index (χ1) is 8.99. The summed E-state index contributed by atoms with van der Waals surface area (Å²) in [5.41, 5.74) is 0.855. The van der Waals surface area contributed by atoms with E-state index in [1.165, 1.54) is 0 Å². The van der Waals surface area contributed by atoms with Crippen molar-refractivity contribution in [1.82, 2.24) is 10.6 Å². The molecule has 0 fully saturated rings. The zero-order valence-electron chi connectivity index (χ0n) is 11.3. The van der Waals surface area contributed by atoms with Crippen molar-refractivity contribution >= 4 is 21.8 Å². The molecule has 106 valence electrons. The molecule has 0 heterocycles. The molecule has 1 aromatic rings. The van der Waals surface area contributed by atoms with Crippen LogP contribution in [-0.4, -0.2) is 30.1 Å². The van der Waals surface area contributed by atoms with Gasteiger partial charge in [0.25, 0.3) is 0 Å². The molecule has 0 aromatic heterocycles. The number of benzene rings is 1. The molecule has 1 atom stereocenters. The van der Waals surface area contributed by atoms with Gasteiger partial charge in [0.2, 0.25) is 5.91 Å². The highest BCUT2D eigenvalue weighted by Gasteiger charge is 2.08. The van der Waals surface area contributed by atoms with E-state index in [2.05, 4.69) is 26.6 Å². The number of amides is 1. The summed E-state index contributed by atoms with van der Waals surface area (Å²) in [5, 5.41) is 15.9. The lowest BCUT2D eigenvalue weighted by Gasteiger charge is -2.13. The number of aliphatic hydroxyl groups is 1. The molecule has 1 rings (SSSR count). The zero-order valence-corrected chi connectivity index (χ0v) is 12.9. The van der Waals surface area contributed by atoms with Crippen LogP contribution in [0.4, 0.5) is 0 Å². The smallest absolute Gasteiger partial charge is 0.221 e. The van der Waals surface area contributed by atoms with Crippen LogP contribution in [0, 0.1) is 0 Å². The van der Waals surface area contributed by atoms with E-state index in [9.17, 15) is 9.90 Å². The van der Waals surface area contributed by atoms with E-state index in [4.69, 9.17) is 0 Å². The third kappa shape index (κ3) is 6.71. The Morgan fingerprint density at radius 3 is 2.79 bits per heavy atom. The predicted octanol–water partition coefficient (Wildman–Crippen LogP) is 1.99. The molecule has 0 radical (unpaired) electrons. The number of hydrogen-bond acceptors (Lipinski definition) is 3. The minimum absolute atomic E-state index is 0.0273. The first-order valence-electron chi connectivity index (χ1n) is 6.42. The van der Waals surface area contributed by atoms with Crippen LogP contribution in [0.3, 0.4) is 0 Å². The Hall–Kier alpha value is -0.910. The number of carbonyl (C=O) groups excluding carboxylic acids is 1. The van der Waals surface area contributed by atoms with Crippen LogP contribution in [0.25, 0.3) is 0 Å². The lowest BCUT2D eigenvalue weighted by molar-refractivity contribution is -0.121. The van der Waals surface area contributed by atoms with Crippen molar-refractivity contribution < 1.29 is 9.90 Å². The number of nitrogens with one attached hydrogen (secondary N) is 2. The fourth-order valence-corrected chi connectivity index (χ4v) is 2.08. The molecular formula is C14H21BrN2O2. The number of hydrogen-bond donors (Lipinski definition) is 3. The highest BCUT2D eigenvalue weighted by Crippen LogP contribution is 2.17. The van der Waals surface area contributed by atoms with Crippen LogP contribution in [0.2, 0.25) is 0 Å². The van der Waals surface area contributed by atoms with E-state index in [1.54, 1.807) is 0 Å². The molecule has 3 N–H and O–H groups in total. The highest BCUT2D eigenvalue weighted by molar-refractivity contribution is 9.10. The summed E-state index contributed by atoms with van der Waals surface area (Å²) < 4.78 is 0.945. The van der Waals surface area contributed by atoms with Crippen molar-refractivity contribution in [3.05, 3.63) is 34.3 Å². The van der Waals surface area contributed by atoms with Crippen molar-refractivity contribution in [2.45, 2.75) is 32.4 Å². The Balaban J connectivity index is 2.24. The van der Waals surface area contributed by atoms with Gasteiger partial charge in [0, 0.05) is 30.0 Å². The fraction of sp³-hybridized carbons (Fsp3) is 0.500. The van der Waals surface area contributed by atoms with Gasteiger partial charge < -0.3 is 15.7 Å². The second-order valence-corrected chi connectivity index (χ2v) is 5.66. The standard InChI is InChI=1S/C14H21BrN2O2/c1-10(2)17-14(19)6-7-16-9-13(18)11-4-3-5-12(15)8-11/h3-5,8,10,13,16,18H,6-7,9H2,1-2H3,(H,17,19). The van der Waals surface area contributed by atoms with Crippen molar-refractivity contribution in [3.63, 3.8) is 0 Å². The largest absolute Gasteiger partial charge is 0.387 e. The molecular weight excluding hydrogens is 308 g/mol. The predicted molar refractivity (Wildman–Crippen MR) is 79.9 cm³/mol. The molecule has 1 aromatic carbocycles. The lowest BCUT2D eigenvalue weighted by Crippen LogP contribution is -2.33. The van der Waals surface area contributed by atoms with Gasteiger partial charge in [-0.1, -0.05) is 28.1 Å². The van der Waals surface area contributed by atoms with Gasteiger partial charge in [-0.2, -0.15) is 0 Å². The van der Waals surface area contributed by atoms with Crippen LogP contribution in [0.1, 0.15) is 31.9 Å². The van der Waals surface area contributed by atoms with E-state index < -0.39 is 6.10 Å². The first-order valence-corrected chi connectivity index (χ1v) is 7.22. The van der Waals surface area contributed by atoms with Gasteiger partial charge in [-0.15, -0.1) is 0 Å². The maximum atomic E-state index is 11.4. The summed E-state index contributed by atoms with van der Waals surface area (Å²) >= 11 is 3.37. The van der Waals surface area contributed by atoms with Crippen molar-refractivity contribution in [2.75, 3.05) is 13.1 Å². The summed E-state index contributed by atoms with van der Waals surface area (Å²) in [7, 11) is 0. The second kappa shape index (κ2) is 8.30. The van der Waals surface area contributed by atoms with Gasteiger partial charge in [0.1, 0.15) is 0 Å². The van der Waals surface area contributed by atoms with E-state index in [1.807, 2.05) is 38.1 Å². The Kier molecular flexibility index (Phi) is 7.05. The number of aliphatic hydroxyl groups excluding tert-OH is 1. The van der Waals surface area contributed by atoms with Crippen LogP contribution in [0.5, 0.6) is 0 Å². The molecule has 0 saturated carbocycles. The summed E-state index contributed by atoms with van der Waals surface area (Å²) in [6, 6.07) is 7.73. The maximum Gasteiger partial charge on any atom is 0.221 e. The molecule has 19 heavy (non-hydrogen) atoms. The van der Waals surface area contributed by atoms with E-state index >= 15 is 0 Å². The van der Waals surface area contributed by atoms with Gasteiger partial charge in [-0.05, 0) is 31.5 Å². The summed E-state index contributed by atoms with van der Waals surface area (Å²) in [6.45, 7) is 4.86.